The highest BCUT2D eigenvalue weighted by molar-refractivity contribution is 6.32. The van der Waals surface area contributed by atoms with Gasteiger partial charge >= 0.3 is 0 Å². The quantitative estimate of drug-likeness (QED) is 0.839. The van der Waals surface area contributed by atoms with Gasteiger partial charge in [0, 0.05) is 12.6 Å². The van der Waals surface area contributed by atoms with Gasteiger partial charge in [0.1, 0.15) is 11.5 Å². The van der Waals surface area contributed by atoms with Gasteiger partial charge in [0.25, 0.3) is 0 Å². The van der Waals surface area contributed by atoms with Crippen LogP contribution in [0.1, 0.15) is 29.5 Å². The highest BCUT2D eigenvalue weighted by atomic mass is 35.5. The van der Waals surface area contributed by atoms with Gasteiger partial charge < -0.3 is 10.1 Å². The summed E-state index contributed by atoms with van der Waals surface area (Å²) < 4.78 is 5.89. The number of hydrogen-bond donors (Lipinski definition) is 1. The van der Waals surface area contributed by atoms with Gasteiger partial charge in [-0.15, -0.1) is 0 Å². The summed E-state index contributed by atoms with van der Waals surface area (Å²) in [5.74, 6) is 1.53. The zero-order valence-corrected chi connectivity index (χ0v) is 13.2. The number of rotatable bonds is 5. The normalized spacial score (nSPS) is 14.2. The first-order valence-electron chi connectivity index (χ1n) is 7.39. The maximum absolute atomic E-state index is 6.33. The third-order valence-electron chi connectivity index (χ3n) is 3.87. The van der Waals surface area contributed by atoms with Crippen LogP contribution in [0.4, 0.5) is 0 Å². The molecule has 0 amide bonds. The Labute approximate surface area is 131 Å². The summed E-state index contributed by atoms with van der Waals surface area (Å²) in [6.07, 6.45) is 2.59. The van der Waals surface area contributed by atoms with Gasteiger partial charge in [-0.1, -0.05) is 23.7 Å². The van der Waals surface area contributed by atoms with E-state index in [-0.39, 0.29) is 0 Å². The molecule has 3 rings (SSSR count). The molecule has 1 saturated carbocycles. The van der Waals surface area contributed by atoms with E-state index in [0.29, 0.717) is 16.8 Å². The second-order valence-corrected chi connectivity index (χ2v) is 6.18. The van der Waals surface area contributed by atoms with Gasteiger partial charge in [-0.25, -0.2) is 0 Å². The number of hydrogen-bond acceptors (Lipinski definition) is 2. The van der Waals surface area contributed by atoms with Crippen molar-refractivity contribution in [1.82, 2.24) is 5.32 Å². The van der Waals surface area contributed by atoms with Crippen LogP contribution in [-0.2, 0) is 6.54 Å². The van der Waals surface area contributed by atoms with Crippen molar-refractivity contribution < 1.29 is 4.74 Å². The third kappa shape index (κ3) is 3.78. The van der Waals surface area contributed by atoms with Crippen LogP contribution in [-0.4, -0.2) is 6.04 Å². The zero-order chi connectivity index (χ0) is 14.8. The van der Waals surface area contributed by atoms with E-state index >= 15 is 0 Å². The van der Waals surface area contributed by atoms with E-state index in [0.717, 1.165) is 12.3 Å². The maximum Gasteiger partial charge on any atom is 0.146 e. The average molecular weight is 302 g/mol. The zero-order valence-electron chi connectivity index (χ0n) is 12.4. The van der Waals surface area contributed by atoms with E-state index in [1.165, 1.54) is 29.5 Å². The minimum absolute atomic E-state index is 0.656. The van der Waals surface area contributed by atoms with Gasteiger partial charge in [-0.3, -0.25) is 0 Å². The molecule has 2 nitrogen and oxygen atoms in total. The second kappa shape index (κ2) is 6.08. The van der Waals surface area contributed by atoms with Gasteiger partial charge in [0.05, 0.1) is 5.02 Å². The number of benzene rings is 2. The standard InChI is InChI=1S/C18H20ClNO/c1-12-3-7-16(9-13(12)2)21-18-8-4-14(10-17(18)19)11-20-15-5-6-15/h3-4,7-10,15,20H,5-6,11H2,1-2H3. The van der Waals surface area contributed by atoms with Crippen LogP contribution in [0.3, 0.4) is 0 Å². The fraction of sp³-hybridized carbons (Fsp3) is 0.333. The van der Waals surface area contributed by atoms with Crippen LogP contribution >= 0.6 is 11.6 Å². The molecule has 2 aromatic carbocycles. The van der Waals surface area contributed by atoms with Gasteiger partial charge in [0.15, 0.2) is 0 Å². The first-order valence-corrected chi connectivity index (χ1v) is 7.76. The van der Waals surface area contributed by atoms with Crippen molar-refractivity contribution in [1.29, 1.82) is 0 Å². The maximum atomic E-state index is 6.33. The van der Waals surface area contributed by atoms with E-state index < -0.39 is 0 Å². The molecule has 1 aliphatic rings. The summed E-state index contributed by atoms with van der Waals surface area (Å²) >= 11 is 6.33. The molecule has 0 unspecified atom stereocenters. The van der Waals surface area contributed by atoms with E-state index in [4.69, 9.17) is 16.3 Å². The number of ether oxygens (including phenoxy) is 1. The molecule has 1 aliphatic carbocycles. The average Bonchev–Trinajstić information content (AvgIpc) is 3.27. The minimum Gasteiger partial charge on any atom is -0.456 e. The fourth-order valence-electron chi connectivity index (χ4n) is 2.19. The Hall–Kier alpha value is -1.51. The Bertz CT molecular complexity index is 650. The van der Waals surface area contributed by atoms with E-state index in [1.54, 1.807) is 0 Å². The molecule has 2 aromatic rings. The van der Waals surface area contributed by atoms with Gasteiger partial charge in [0.2, 0.25) is 0 Å². The number of aryl methyl sites for hydroxylation is 2. The molecule has 0 aliphatic heterocycles. The Balaban J connectivity index is 1.70. The molecule has 0 saturated heterocycles. The lowest BCUT2D eigenvalue weighted by atomic mass is 10.1. The number of nitrogens with one attached hydrogen (secondary N) is 1. The molecule has 0 aromatic heterocycles. The SMILES string of the molecule is Cc1ccc(Oc2ccc(CNC3CC3)cc2Cl)cc1C. The monoisotopic (exact) mass is 301 g/mol. The molecule has 0 bridgehead atoms. The highest BCUT2D eigenvalue weighted by Crippen LogP contribution is 2.31. The number of halogens is 1. The van der Waals surface area contributed by atoms with E-state index in [9.17, 15) is 0 Å². The molecule has 1 fully saturated rings. The predicted octanol–water partition coefficient (Wildman–Crippen LogP) is 5.00. The van der Waals surface area contributed by atoms with Crippen LogP contribution in [0.15, 0.2) is 36.4 Å². The van der Waals surface area contributed by atoms with Crippen LogP contribution < -0.4 is 10.1 Å². The molecule has 3 heteroatoms. The topological polar surface area (TPSA) is 21.3 Å². The Kier molecular flexibility index (Phi) is 4.18. The van der Waals surface area contributed by atoms with Crippen molar-refractivity contribution in [3.05, 3.63) is 58.1 Å². The van der Waals surface area contributed by atoms with Crippen molar-refractivity contribution in [3.8, 4) is 11.5 Å². The fourth-order valence-corrected chi connectivity index (χ4v) is 2.43. The van der Waals surface area contributed by atoms with Crippen molar-refractivity contribution in [2.45, 2.75) is 39.3 Å². The summed E-state index contributed by atoms with van der Waals surface area (Å²) in [6.45, 7) is 5.04. The Morgan fingerprint density at radius 2 is 1.90 bits per heavy atom. The molecule has 0 heterocycles. The van der Waals surface area contributed by atoms with E-state index in [1.807, 2.05) is 24.3 Å². The second-order valence-electron chi connectivity index (χ2n) is 5.77. The molecule has 21 heavy (non-hydrogen) atoms. The molecule has 0 atom stereocenters. The van der Waals surface area contributed by atoms with Crippen molar-refractivity contribution >= 4 is 11.6 Å². The molecule has 1 N–H and O–H groups in total. The lowest BCUT2D eigenvalue weighted by Gasteiger charge is -2.11. The summed E-state index contributed by atoms with van der Waals surface area (Å²) in [5.41, 5.74) is 3.67. The summed E-state index contributed by atoms with van der Waals surface area (Å²) in [4.78, 5) is 0. The molecule has 0 radical (unpaired) electrons. The summed E-state index contributed by atoms with van der Waals surface area (Å²) in [6, 6.07) is 12.8. The van der Waals surface area contributed by atoms with Gasteiger partial charge in [-0.05, 0) is 67.6 Å². The molecule has 0 spiro atoms. The molecular weight excluding hydrogens is 282 g/mol. The smallest absolute Gasteiger partial charge is 0.146 e. The Morgan fingerprint density at radius 3 is 2.57 bits per heavy atom. The van der Waals surface area contributed by atoms with Crippen LogP contribution in [0.5, 0.6) is 11.5 Å². The largest absolute Gasteiger partial charge is 0.456 e. The lowest BCUT2D eigenvalue weighted by molar-refractivity contribution is 0.482. The first-order chi connectivity index (χ1) is 10.1. The Morgan fingerprint density at radius 1 is 1.10 bits per heavy atom. The molecule has 110 valence electrons. The minimum atomic E-state index is 0.656. The summed E-state index contributed by atoms with van der Waals surface area (Å²) in [7, 11) is 0. The van der Waals surface area contributed by atoms with Crippen molar-refractivity contribution in [3.63, 3.8) is 0 Å². The van der Waals surface area contributed by atoms with Gasteiger partial charge in [-0.2, -0.15) is 0 Å². The van der Waals surface area contributed by atoms with Crippen molar-refractivity contribution in [2.75, 3.05) is 0 Å². The third-order valence-corrected chi connectivity index (χ3v) is 4.17. The highest BCUT2D eigenvalue weighted by Gasteiger charge is 2.20. The van der Waals surface area contributed by atoms with Crippen LogP contribution in [0.25, 0.3) is 0 Å². The van der Waals surface area contributed by atoms with Crippen LogP contribution in [0.2, 0.25) is 5.02 Å². The van der Waals surface area contributed by atoms with Crippen LogP contribution in [0, 0.1) is 13.8 Å². The first kappa shape index (κ1) is 14.4. The molecular formula is C18H20ClNO. The van der Waals surface area contributed by atoms with Crippen molar-refractivity contribution in [2.24, 2.45) is 0 Å². The predicted molar refractivity (Wildman–Crippen MR) is 87.3 cm³/mol. The van der Waals surface area contributed by atoms with E-state index in [2.05, 4.69) is 31.3 Å². The lowest BCUT2D eigenvalue weighted by Crippen LogP contribution is -2.15. The summed E-state index contributed by atoms with van der Waals surface area (Å²) in [5, 5.41) is 4.14.